The van der Waals surface area contributed by atoms with Gasteiger partial charge in [-0.2, -0.15) is 0 Å². The maximum atomic E-state index is 10.1. The molecular weight excluding hydrogens is 358 g/mol. The van der Waals surface area contributed by atoms with Crippen LogP contribution in [0.3, 0.4) is 0 Å². The highest BCUT2D eigenvalue weighted by molar-refractivity contribution is 6.15. The topological polar surface area (TPSA) is 53.4 Å². The minimum Gasteiger partial charge on any atom is -0.364 e. The van der Waals surface area contributed by atoms with Crippen molar-refractivity contribution in [3.8, 4) is 22.3 Å². The second kappa shape index (κ2) is 7.13. The van der Waals surface area contributed by atoms with E-state index in [4.69, 9.17) is 0 Å². The van der Waals surface area contributed by atoms with Crippen LogP contribution in [0.15, 0.2) is 97.3 Å². The number of rotatable bonds is 3. The van der Waals surface area contributed by atoms with Crippen molar-refractivity contribution in [2.75, 3.05) is 0 Å². The molecule has 1 aromatic heterocycles. The molecule has 0 spiro atoms. The second-order valence-corrected chi connectivity index (χ2v) is 7.07. The van der Waals surface area contributed by atoms with Crippen LogP contribution in [0.25, 0.3) is 43.8 Å². The summed E-state index contributed by atoms with van der Waals surface area (Å²) in [7, 11) is 0. The van der Waals surface area contributed by atoms with E-state index in [9.17, 15) is 10.2 Å². The molecule has 0 aliphatic heterocycles. The highest BCUT2D eigenvalue weighted by atomic mass is 16.5. The van der Waals surface area contributed by atoms with Crippen molar-refractivity contribution >= 4 is 21.5 Å². The highest BCUT2D eigenvalue weighted by Gasteiger charge is 2.18. The quantitative estimate of drug-likeness (QED) is 0.313. The van der Waals surface area contributed by atoms with Gasteiger partial charge in [0.25, 0.3) is 0 Å². The maximum absolute atomic E-state index is 10.1. The molecule has 5 rings (SSSR count). The van der Waals surface area contributed by atoms with E-state index < -0.39 is 6.29 Å². The molecule has 0 fully saturated rings. The monoisotopic (exact) mass is 377 g/mol. The van der Waals surface area contributed by atoms with Gasteiger partial charge in [-0.1, -0.05) is 72.8 Å². The highest BCUT2D eigenvalue weighted by Crippen LogP contribution is 2.41. The van der Waals surface area contributed by atoms with Crippen molar-refractivity contribution in [1.29, 1.82) is 0 Å². The van der Waals surface area contributed by atoms with Gasteiger partial charge in [0.15, 0.2) is 6.29 Å². The van der Waals surface area contributed by atoms with Crippen molar-refractivity contribution in [2.45, 2.75) is 6.29 Å². The minimum absolute atomic E-state index is 0.549. The lowest BCUT2D eigenvalue weighted by atomic mass is 9.88. The van der Waals surface area contributed by atoms with Gasteiger partial charge in [-0.15, -0.1) is 0 Å². The summed E-state index contributed by atoms with van der Waals surface area (Å²) in [5, 5.41) is 23.9. The third-order valence-corrected chi connectivity index (χ3v) is 5.42. The largest absolute Gasteiger partial charge is 0.364 e. The van der Waals surface area contributed by atoms with Crippen LogP contribution < -0.4 is 0 Å². The number of aliphatic hydroxyl groups is 2. The zero-order valence-corrected chi connectivity index (χ0v) is 15.7. The van der Waals surface area contributed by atoms with Crippen LogP contribution in [-0.4, -0.2) is 15.2 Å². The van der Waals surface area contributed by atoms with Gasteiger partial charge in [0, 0.05) is 18.0 Å². The molecule has 0 radical (unpaired) electrons. The normalized spacial score (nSPS) is 11.4. The molecule has 0 saturated heterocycles. The van der Waals surface area contributed by atoms with Crippen LogP contribution in [0.2, 0.25) is 0 Å². The molecular formula is C26H19NO2. The van der Waals surface area contributed by atoms with Gasteiger partial charge in [0.05, 0.1) is 0 Å². The Labute approximate surface area is 168 Å². The summed E-state index contributed by atoms with van der Waals surface area (Å²) in [4.78, 5) is 4.09. The van der Waals surface area contributed by atoms with Crippen LogP contribution in [0.5, 0.6) is 0 Å². The zero-order valence-electron chi connectivity index (χ0n) is 15.7. The van der Waals surface area contributed by atoms with Gasteiger partial charge >= 0.3 is 0 Å². The van der Waals surface area contributed by atoms with Crippen LogP contribution in [0, 0.1) is 0 Å². The number of aromatic nitrogens is 1. The lowest BCUT2D eigenvalue weighted by molar-refractivity contribution is -0.0401. The van der Waals surface area contributed by atoms with E-state index in [1.165, 1.54) is 0 Å². The number of fused-ring (bicyclic) bond motifs is 2. The van der Waals surface area contributed by atoms with Gasteiger partial charge in [0.2, 0.25) is 0 Å². The Morgan fingerprint density at radius 1 is 0.517 bits per heavy atom. The summed E-state index contributed by atoms with van der Waals surface area (Å²) in [5.41, 5.74) is 5.00. The Hall–Kier alpha value is -3.53. The summed E-state index contributed by atoms with van der Waals surface area (Å²) < 4.78 is 0. The molecule has 0 amide bonds. The second-order valence-electron chi connectivity index (χ2n) is 7.07. The SMILES string of the molecule is OC(O)c1c2ccccc2c(-c2ccc(-c3ccncc3)cc2)c2ccccc12. The summed E-state index contributed by atoms with van der Waals surface area (Å²) in [6.45, 7) is 0. The first kappa shape index (κ1) is 17.6. The summed E-state index contributed by atoms with van der Waals surface area (Å²) in [5.74, 6) is 0. The molecule has 0 saturated carbocycles. The van der Waals surface area contributed by atoms with E-state index in [-0.39, 0.29) is 0 Å². The fourth-order valence-electron chi connectivity index (χ4n) is 4.13. The zero-order chi connectivity index (χ0) is 19.8. The van der Waals surface area contributed by atoms with Crippen molar-refractivity contribution in [2.24, 2.45) is 0 Å². The number of nitrogens with zero attached hydrogens (tertiary/aromatic N) is 1. The van der Waals surface area contributed by atoms with Crippen LogP contribution >= 0.6 is 0 Å². The number of hydrogen-bond acceptors (Lipinski definition) is 3. The van der Waals surface area contributed by atoms with Crippen LogP contribution in [-0.2, 0) is 0 Å². The van der Waals surface area contributed by atoms with E-state index in [1.54, 1.807) is 12.4 Å². The molecule has 0 atom stereocenters. The number of pyridine rings is 1. The van der Waals surface area contributed by atoms with E-state index in [1.807, 2.05) is 60.7 Å². The molecule has 0 aliphatic carbocycles. The Morgan fingerprint density at radius 2 is 0.966 bits per heavy atom. The van der Waals surface area contributed by atoms with E-state index in [2.05, 4.69) is 29.2 Å². The Kier molecular flexibility index (Phi) is 4.32. The van der Waals surface area contributed by atoms with Gasteiger partial charge in [-0.3, -0.25) is 4.98 Å². The summed E-state index contributed by atoms with van der Waals surface area (Å²) >= 11 is 0. The minimum atomic E-state index is -1.53. The Balaban J connectivity index is 1.80. The molecule has 0 bridgehead atoms. The molecule has 0 unspecified atom stereocenters. The molecule has 29 heavy (non-hydrogen) atoms. The standard InChI is InChI=1S/C26H19NO2/c28-26(29)25-22-7-3-1-5-20(22)24(21-6-2-4-8-23(21)25)19-11-9-17(10-12-19)18-13-15-27-16-14-18/h1-16,26,28-29H. The third-order valence-electron chi connectivity index (χ3n) is 5.42. The molecule has 1 heterocycles. The average molecular weight is 377 g/mol. The first-order chi connectivity index (χ1) is 14.2. The summed E-state index contributed by atoms with van der Waals surface area (Å²) in [6, 6.07) is 28.3. The van der Waals surface area contributed by atoms with Gasteiger partial charge < -0.3 is 10.2 Å². The molecule has 0 aliphatic rings. The Morgan fingerprint density at radius 3 is 1.48 bits per heavy atom. The molecule has 3 nitrogen and oxygen atoms in total. The number of aliphatic hydroxyl groups excluding tert-OH is 1. The molecule has 2 N–H and O–H groups in total. The number of benzene rings is 4. The average Bonchev–Trinajstić information content (AvgIpc) is 2.78. The van der Waals surface area contributed by atoms with Gasteiger partial charge in [-0.25, -0.2) is 0 Å². The van der Waals surface area contributed by atoms with Crippen LogP contribution in [0.1, 0.15) is 11.9 Å². The maximum Gasteiger partial charge on any atom is 0.179 e. The lowest BCUT2D eigenvalue weighted by Crippen LogP contribution is -1.99. The first-order valence-electron chi connectivity index (χ1n) is 9.54. The number of hydrogen-bond donors (Lipinski definition) is 2. The smallest absolute Gasteiger partial charge is 0.179 e. The van der Waals surface area contributed by atoms with E-state index in [0.29, 0.717) is 5.56 Å². The molecule has 3 heteroatoms. The molecule has 4 aromatic carbocycles. The van der Waals surface area contributed by atoms with E-state index >= 15 is 0 Å². The Bertz CT molecular complexity index is 1250. The third kappa shape index (κ3) is 2.97. The fourth-order valence-corrected chi connectivity index (χ4v) is 4.13. The summed E-state index contributed by atoms with van der Waals surface area (Å²) in [6.07, 6.45) is 2.06. The predicted octanol–water partition coefficient (Wildman–Crippen LogP) is 5.71. The van der Waals surface area contributed by atoms with E-state index in [0.717, 1.165) is 43.8 Å². The molecule has 140 valence electrons. The predicted molar refractivity (Wildman–Crippen MR) is 117 cm³/mol. The van der Waals surface area contributed by atoms with Crippen molar-refractivity contribution < 1.29 is 10.2 Å². The van der Waals surface area contributed by atoms with Crippen LogP contribution in [0.4, 0.5) is 0 Å². The lowest BCUT2D eigenvalue weighted by Gasteiger charge is -2.18. The van der Waals surface area contributed by atoms with Gasteiger partial charge in [-0.05, 0) is 55.9 Å². The first-order valence-corrected chi connectivity index (χ1v) is 9.54. The van der Waals surface area contributed by atoms with Crippen molar-refractivity contribution in [1.82, 2.24) is 4.98 Å². The molecule has 5 aromatic rings. The van der Waals surface area contributed by atoms with Crippen molar-refractivity contribution in [3.05, 3.63) is 103 Å². The van der Waals surface area contributed by atoms with Crippen molar-refractivity contribution in [3.63, 3.8) is 0 Å². The van der Waals surface area contributed by atoms with Gasteiger partial charge in [0.1, 0.15) is 0 Å². The fraction of sp³-hybridized carbons (Fsp3) is 0.0385.